The van der Waals surface area contributed by atoms with Crippen molar-refractivity contribution in [1.82, 2.24) is 5.32 Å². The largest absolute Gasteiger partial charge is 0.391 e. The van der Waals surface area contributed by atoms with Crippen molar-refractivity contribution in [2.24, 2.45) is 5.92 Å². The molecule has 4 nitrogen and oxygen atoms in total. The Morgan fingerprint density at radius 3 is 2.81 bits per heavy atom. The number of aliphatic hydroxyl groups excluding tert-OH is 1. The minimum atomic E-state index is -0.365. The van der Waals surface area contributed by atoms with Crippen molar-refractivity contribution in [3.63, 3.8) is 0 Å². The molecular formula is C12H23NO3. The van der Waals surface area contributed by atoms with Crippen molar-refractivity contribution in [2.45, 2.75) is 51.2 Å². The number of amides is 1. The number of carbonyl (C=O) groups is 1. The van der Waals surface area contributed by atoms with Gasteiger partial charge in [-0.15, -0.1) is 0 Å². The van der Waals surface area contributed by atoms with Crippen molar-refractivity contribution in [3.05, 3.63) is 0 Å². The highest BCUT2D eigenvalue weighted by molar-refractivity contribution is 5.76. The predicted octanol–water partition coefficient (Wildman–Crippen LogP) is 1.08. The maximum absolute atomic E-state index is 11.7. The number of nitrogens with one attached hydrogen (secondary N) is 1. The smallest absolute Gasteiger partial charge is 0.220 e. The molecule has 1 unspecified atom stereocenters. The molecule has 0 bridgehead atoms. The second kappa shape index (κ2) is 6.86. The average molecular weight is 229 g/mol. The van der Waals surface area contributed by atoms with Gasteiger partial charge in [-0.2, -0.15) is 0 Å². The van der Waals surface area contributed by atoms with Crippen molar-refractivity contribution in [1.29, 1.82) is 0 Å². The molecule has 1 fully saturated rings. The second-order valence-electron chi connectivity index (χ2n) is 4.79. The van der Waals surface area contributed by atoms with E-state index in [0.29, 0.717) is 13.0 Å². The van der Waals surface area contributed by atoms with Crippen LogP contribution < -0.4 is 5.32 Å². The monoisotopic (exact) mass is 229 g/mol. The number of aliphatic hydroxyl groups is 1. The molecule has 0 saturated heterocycles. The number of methoxy groups -OCH3 is 1. The first-order valence-electron chi connectivity index (χ1n) is 6.10. The minimum absolute atomic E-state index is 0.0236. The number of carbonyl (C=O) groups excluding carboxylic acids is 1. The van der Waals surface area contributed by atoms with Crippen LogP contribution in [-0.4, -0.2) is 36.9 Å². The lowest BCUT2D eigenvalue weighted by Gasteiger charge is -2.28. The van der Waals surface area contributed by atoms with Gasteiger partial charge in [0.1, 0.15) is 0 Å². The zero-order valence-electron chi connectivity index (χ0n) is 10.2. The highest BCUT2D eigenvalue weighted by atomic mass is 16.5. The number of hydrogen-bond acceptors (Lipinski definition) is 3. The quantitative estimate of drug-likeness (QED) is 0.741. The van der Waals surface area contributed by atoms with Crippen LogP contribution in [0.15, 0.2) is 0 Å². The van der Waals surface area contributed by atoms with E-state index in [1.54, 1.807) is 7.11 Å². The van der Waals surface area contributed by atoms with Gasteiger partial charge >= 0.3 is 0 Å². The van der Waals surface area contributed by atoms with E-state index in [9.17, 15) is 9.90 Å². The molecule has 1 aliphatic carbocycles. The van der Waals surface area contributed by atoms with Crippen LogP contribution in [0.1, 0.15) is 39.0 Å². The summed E-state index contributed by atoms with van der Waals surface area (Å²) in [5.74, 6) is 0.251. The van der Waals surface area contributed by atoms with Crippen LogP contribution in [0.5, 0.6) is 0 Å². The molecule has 0 heterocycles. The molecule has 1 amide bonds. The van der Waals surface area contributed by atoms with E-state index in [1.165, 1.54) is 0 Å². The molecular weight excluding hydrogens is 206 g/mol. The van der Waals surface area contributed by atoms with E-state index < -0.39 is 0 Å². The van der Waals surface area contributed by atoms with Gasteiger partial charge in [0.2, 0.25) is 5.91 Å². The van der Waals surface area contributed by atoms with Gasteiger partial charge in [-0.1, -0.05) is 19.8 Å². The molecule has 1 saturated carbocycles. The lowest BCUT2D eigenvalue weighted by Crippen LogP contribution is -2.45. The Balaban J connectivity index is 2.27. The molecule has 0 aromatic rings. The predicted molar refractivity (Wildman–Crippen MR) is 62.1 cm³/mol. The molecule has 1 aliphatic rings. The summed E-state index contributed by atoms with van der Waals surface area (Å²) in [6, 6.07) is -0.0454. The van der Waals surface area contributed by atoms with Gasteiger partial charge in [-0.3, -0.25) is 4.79 Å². The Hall–Kier alpha value is -0.610. The SMILES string of the molecule is COCC(C)CC(=O)N[C@@H]1CCCC[C@H]1O. The maximum atomic E-state index is 11.7. The van der Waals surface area contributed by atoms with Crippen LogP contribution >= 0.6 is 0 Å². The van der Waals surface area contributed by atoms with E-state index >= 15 is 0 Å². The summed E-state index contributed by atoms with van der Waals surface area (Å²) in [4.78, 5) is 11.7. The van der Waals surface area contributed by atoms with Gasteiger partial charge in [-0.25, -0.2) is 0 Å². The Labute approximate surface area is 97.4 Å². The molecule has 3 atom stereocenters. The van der Waals surface area contributed by atoms with Crippen LogP contribution in [-0.2, 0) is 9.53 Å². The van der Waals surface area contributed by atoms with Crippen LogP contribution in [0.3, 0.4) is 0 Å². The van der Waals surface area contributed by atoms with Crippen molar-refractivity contribution >= 4 is 5.91 Å². The molecule has 0 radical (unpaired) electrons. The molecule has 0 spiro atoms. The normalized spacial score (nSPS) is 27.4. The summed E-state index contributed by atoms with van der Waals surface area (Å²) in [6.07, 6.45) is 3.96. The fraction of sp³-hybridized carbons (Fsp3) is 0.917. The van der Waals surface area contributed by atoms with Gasteiger partial charge in [0, 0.05) is 20.1 Å². The fourth-order valence-corrected chi connectivity index (χ4v) is 2.21. The van der Waals surface area contributed by atoms with E-state index in [-0.39, 0.29) is 24.0 Å². The van der Waals surface area contributed by atoms with Crippen LogP contribution in [0.25, 0.3) is 0 Å². The lowest BCUT2D eigenvalue weighted by atomic mass is 9.92. The average Bonchev–Trinajstić information content (AvgIpc) is 2.21. The van der Waals surface area contributed by atoms with Crippen molar-refractivity contribution in [3.8, 4) is 0 Å². The standard InChI is InChI=1S/C12H23NO3/c1-9(8-16-2)7-12(15)13-10-5-3-4-6-11(10)14/h9-11,14H,3-8H2,1-2H3,(H,13,15)/t9?,10-,11-/m1/s1. The Kier molecular flexibility index (Phi) is 5.77. The zero-order chi connectivity index (χ0) is 12.0. The number of rotatable bonds is 5. The third-order valence-corrected chi connectivity index (χ3v) is 3.06. The van der Waals surface area contributed by atoms with E-state index in [0.717, 1.165) is 25.7 Å². The topological polar surface area (TPSA) is 58.6 Å². The highest BCUT2D eigenvalue weighted by Crippen LogP contribution is 2.18. The minimum Gasteiger partial charge on any atom is -0.391 e. The Morgan fingerprint density at radius 2 is 2.19 bits per heavy atom. The van der Waals surface area contributed by atoms with E-state index in [1.807, 2.05) is 6.92 Å². The van der Waals surface area contributed by atoms with E-state index in [2.05, 4.69) is 5.32 Å². The van der Waals surface area contributed by atoms with Gasteiger partial charge in [0.05, 0.1) is 12.1 Å². The summed E-state index contributed by atoms with van der Waals surface area (Å²) in [6.45, 7) is 2.58. The first kappa shape index (κ1) is 13.5. The van der Waals surface area contributed by atoms with Crippen LogP contribution in [0, 0.1) is 5.92 Å². The van der Waals surface area contributed by atoms with Gasteiger partial charge < -0.3 is 15.2 Å². The highest BCUT2D eigenvalue weighted by Gasteiger charge is 2.24. The summed E-state index contributed by atoms with van der Waals surface area (Å²) in [7, 11) is 1.64. The van der Waals surface area contributed by atoms with Gasteiger partial charge in [0.15, 0.2) is 0 Å². The molecule has 4 heteroatoms. The van der Waals surface area contributed by atoms with Crippen LogP contribution in [0.4, 0.5) is 0 Å². The Morgan fingerprint density at radius 1 is 1.50 bits per heavy atom. The molecule has 0 aromatic heterocycles. The zero-order valence-corrected chi connectivity index (χ0v) is 10.2. The Bertz CT molecular complexity index is 220. The number of ether oxygens (including phenoxy) is 1. The molecule has 16 heavy (non-hydrogen) atoms. The van der Waals surface area contributed by atoms with Gasteiger partial charge in [0.25, 0.3) is 0 Å². The summed E-state index contributed by atoms with van der Waals surface area (Å²) < 4.78 is 4.99. The second-order valence-corrected chi connectivity index (χ2v) is 4.79. The molecule has 0 aliphatic heterocycles. The molecule has 94 valence electrons. The number of hydrogen-bond donors (Lipinski definition) is 2. The fourth-order valence-electron chi connectivity index (χ4n) is 2.21. The summed E-state index contributed by atoms with van der Waals surface area (Å²) >= 11 is 0. The molecule has 1 rings (SSSR count). The van der Waals surface area contributed by atoms with Crippen molar-refractivity contribution in [2.75, 3.05) is 13.7 Å². The summed E-state index contributed by atoms with van der Waals surface area (Å²) in [5.41, 5.74) is 0. The first-order chi connectivity index (χ1) is 7.63. The molecule has 0 aromatic carbocycles. The van der Waals surface area contributed by atoms with Crippen LogP contribution in [0.2, 0.25) is 0 Å². The maximum Gasteiger partial charge on any atom is 0.220 e. The third kappa shape index (κ3) is 4.49. The van der Waals surface area contributed by atoms with Gasteiger partial charge in [-0.05, 0) is 18.8 Å². The van der Waals surface area contributed by atoms with E-state index in [4.69, 9.17) is 4.74 Å². The summed E-state index contributed by atoms with van der Waals surface area (Å²) in [5, 5.41) is 12.6. The first-order valence-corrected chi connectivity index (χ1v) is 6.10. The third-order valence-electron chi connectivity index (χ3n) is 3.06. The lowest BCUT2D eigenvalue weighted by molar-refractivity contribution is -0.124. The molecule has 2 N–H and O–H groups in total. The van der Waals surface area contributed by atoms with Crippen molar-refractivity contribution < 1.29 is 14.6 Å².